The van der Waals surface area contributed by atoms with E-state index in [-0.39, 0.29) is 5.91 Å². The van der Waals surface area contributed by atoms with E-state index in [1.165, 1.54) is 0 Å². The van der Waals surface area contributed by atoms with Crippen LogP contribution in [0, 0.1) is 0 Å². The van der Waals surface area contributed by atoms with Crippen molar-refractivity contribution in [3.63, 3.8) is 0 Å². The zero-order chi connectivity index (χ0) is 19.8. The van der Waals surface area contributed by atoms with Gasteiger partial charge < -0.3 is 4.90 Å². The molecule has 7 nitrogen and oxygen atoms in total. The quantitative estimate of drug-likeness (QED) is 0.545. The lowest BCUT2D eigenvalue weighted by Gasteiger charge is -2.27. The molecule has 29 heavy (non-hydrogen) atoms. The van der Waals surface area contributed by atoms with Gasteiger partial charge in [0.2, 0.25) is 0 Å². The molecule has 0 N–H and O–H groups in total. The largest absolute Gasteiger partial charge is 0.334 e. The first-order valence-electron chi connectivity index (χ1n) is 9.57. The maximum atomic E-state index is 13.0. The molecule has 2 aromatic carbocycles. The van der Waals surface area contributed by atoms with Crippen molar-refractivity contribution in [3.05, 3.63) is 83.8 Å². The van der Waals surface area contributed by atoms with Gasteiger partial charge in [-0.2, -0.15) is 5.10 Å². The van der Waals surface area contributed by atoms with Crippen LogP contribution in [0.25, 0.3) is 17.2 Å². The van der Waals surface area contributed by atoms with Gasteiger partial charge in [0, 0.05) is 42.5 Å². The molecule has 0 radical (unpaired) electrons. The Bertz CT molecular complexity index is 1160. The van der Waals surface area contributed by atoms with E-state index in [9.17, 15) is 4.79 Å². The van der Waals surface area contributed by atoms with Crippen LogP contribution in [0.2, 0.25) is 0 Å². The van der Waals surface area contributed by atoms with Crippen LogP contribution in [0.3, 0.4) is 0 Å². The van der Waals surface area contributed by atoms with Gasteiger partial charge in [-0.3, -0.25) is 14.0 Å². The zero-order valence-corrected chi connectivity index (χ0v) is 16.1. The minimum Gasteiger partial charge on any atom is -0.334 e. The lowest BCUT2D eigenvalue weighted by atomic mass is 10.0. The molecule has 0 unspecified atom stereocenters. The standard InChI is InChI=1S/C22H20N6O/c1-26-19-12-13-27(22(29)16-8-4-2-5-9-16)14-18(19)20(25-26)21-24-23-15-28(21)17-10-6-3-7-11-17/h2-11,15H,12-14H2,1H3. The summed E-state index contributed by atoms with van der Waals surface area (Å²) >= 11 is 0. The number of para-hydroxylation sites is 1. The Hall–Kier alpha value is -3.74. The molecule has 0 fully saturated rings. The van der Waals surface area contributed by atoms with E-state index in [4.69, 9.17) is 5.10 Å². The Kier molecular flexibility index (Phi) is 4.20. The summed E-state index contributed by atoms with van der Waals surface area (Å²) < 4.78 is 3.83. The summed E-state index contributed by atoms with van der Waals surface area (Å²) in [6.07, 6.45) is 2.46. The van der Waals surface area contributed by atoms with Gasteiger partial charge in [0.25, 0.3) is 5.91 Å². The van der Waals surface area contributed by atoms with Gasteiger partial charge in [-0.25, -0.2) is 0 Å². The van der Waals surface area contributed by atoms with Crippen LogP contribution >= 0.6 is 0 Å². The topological polar surface area (TPSA) is 68.8 Å². The van der Waals surface area contributed by atoms with Crippen LogP contribution in [0.4, 0.5) is 0 Å². The number of carbonyl (C=O) groups is 1. The van der Waals surface area contributed by atoms with E-state index < -0.39 is 0 Å². The Labute approximate surface area is 168 Å². The number of carbonyl (C=O) groups excluding carboxylic acids is 1. The highest BCUT2D eigenvalue weighted by atomic mass is 16.2. The van der Waals surface area contributed by atoms with E-state index in [0.29, 0.717) is 24.5 Å². The number of aromatic nitrogens is 5. The molecule has 0 spiro atoms. The number of rotatable bonds is 3. The van der Waals surface area contributed by atoms with Gasteiger partial charge in [-0.1, -0.05) is 36.4 Å². The van der Waals surface area contributed by atoms with Crippen LogP contribution in [0.5, 0.6) is 0 Å². The minimum absolute atomic E-state index is 0.0376. The molecular formula is C22H20N6O. The Morgan fingerprint density at radius 1 is 1.00 bits per heavy atom. The average molecular weight is 384 g/mol. The van der Waals surface area contributed by atoms with Crippen molar-refractivity contribution in [1.82, 2.24) is 29.4 Å². The maximum absolute atomic E-state index is 13.0. The first kappa shape index (κ1) is 17.4. The second kappa shape index (κ2) is 7.01. The highest BCUT2D eigenvalue weighted by molar-refractivity contribution is 5.94. The lowest BCUT2D eigenvalue weighted by molar-refractivity contribution is 0.0733. The van der Waals surface area contributed by atoms with Gasteiger partial charge >= 0.3 is 0 Å². The molecule has 1 amide bonds. The first-order valence-corrected chi connectivity index (χ1v) is 9.57. The summed E-state index contributed by atoms with van der Waals surface area (Å²) in [7, 11) is 1.94. The molecule has 5 rings (SSSR count). The third-order valence-corrected chi connectivity index (χ3v) is 5.34. The van der Waals surface area contributed by atoms with Crippen LogP contribution in [0.15, 0.2) is 67.0 Å². The molecule has 0 saturated heterocycles. The van der Waals surface area contributed by atoms with Crippen molar-refractivity contribution in [2.75, 3.05) is 6.54 Å². The second-order valence-electron chi connectivity index (χ2n) is 7.10. The number of amides is 1. The third-order valence-electron chi connectivity index (χ3n) is 5.34. The molecule has 0 saturated carbocycles. The summed E-state index contributed by atoms with van der Waals surface area (Å²) in [6, 6.07) is 19.4. The van der Waals surface area contributed by atoms with Crippen molar-refractivity contribution in [3.8, 4) is 17.2 Å². The predicted molar refractivity (Wildman–Crippen MR) is 108 cm³/mol. The van der Waals surface area contributed by atoms with Crippen LogP contribution in [-0.2, 0) is 20.0 Å². The molecule has 4 aromatic rings. The normalized spacial score (nSPS) is 13.3. The van der Waals surface area contributed by atoms with Crippen molar-refractivity contribution in [2.45, 2.75) is 13.0 Å². The molecule has 1 aliphatic heterocycles. The van der Waals surface area contributed by atoms with E-state index in [0.717, 1.165) is 29.1 Å². The number of aryl methyl sites for hydroxylation is 1. The average Bonchev–Trinajstić information content (AvgIpc) is 3.39. The number of fused-ring (bicyclic) bond motifs is 1. The van der Waals surface area contributed by atoms with Crippen LogP contribution in [0.1, 0.15) is 21.6 Å². The highest BCUT2D eigenvalue weighted by Gasteiger charge is 2.29. The van der Waals surface area contributed by atoms with Crippen molar-refractivity contribution < 1.29 is 4.79 Å². The molecule has 0 bridgehead atoms. The van der Waals surface area contributed by atoms with E-state index >= 15 is 0 Å². The number of hydrogen-bond acceptors (Lipinski definition) is 4. The van der Waals surface area contributed by atoms with Crippen LogP contribution in [-0.4, -0.2) is 41.9 Å². The number of hydrogen-bond donors (Lipinski definition) is 0. The predicted octanol–water partition coefficient (Wildman–Crippen LogP) is 2.87. The lowest BCUT2D eigenvalue weighted by Crippen LogP contribution is -2.36. The third kappa shape index (κ3) is 3.00. The van der Waals surface area contributed by atoms with Gasteiger partial charge in [0.1, 0.15) is 12.0 Å². The molecule has 0 atom stereocenters. The molecule has 3 heterocycles. The van der Waals surface area contributed by atoms with E-state index in [1.807, 2.05) is 81.9 Å². The fraction of sp³-hybridized carbons (Fsp3) is 0.182. The minimum atomic E-state index is 0.0376. The molecule has 2 aromatic heterocycles. The van der Waals surface area contributed by atoms with Gasteiger partial charge in [-0.15, -0.1) is 10.2 Å². The molecule has 0 aliphatic carbocycles. The highest BCUT2D eigenvalue weighted by Crippen LogP contribution is 2.30. The summed E-state index contributed by atoms with van der Waals surface area (Å²) in [4.78, 5) is 14.8. The summed E-state index contributed by atoms with van der Waals surface area (Å²) in [5.41, 5.74) is 4.62. The molecular weight excluding hydrogens is 364 g/mol. The molecule has 144 valence electrons. The van der Waals surface area contributed by atoms with Crippen LogP contribution < -0.4 is 0 Å². The van der Waals surface area contributed by atoms with Gasteiger partial charge in [-0.05, 0) is 24.3 Å². The van der Waals surface area contributed by atoms with Crippen molar-refractivity contribution in [1.29, 1.82) is 0 Å². The van der Waals surface area contributed by atoms with E-state index in [1.54, 1.807) is 6.33 Å². The Morgan fingerprint density at radius 2 is 1.72 bits per heavy atom. The SMILES string of the molecule is Cn1nc(-c2nncn2-c2ccccc2)c2c1CCN(C(=O)c1ccccc1)C2. The summed E-state index contributed by atoms with van der Waals surface area (Å²) in [5.74, 6) is 0.720. The fourth-order valence-corrected chi connectivity index (χ4v) is 3.88. The van der Waals surface area contributed by atoms with Crippen molar-refractivity contribution >= 4 is 5.91 Å². The number of benzene rings is 2. The van der Waals surface area contributed by atoms with Crippen molar-refractivity contribution in [2.24, 2.45) is 7.05 Å². The second-order valence-corrected chi connectivity index (χ2v) is 7.10. The molecule has 7 heteroatoms. The summed E-state index contributed by atoms with van der Waals surface area (Å²) in [6.45, 7) is 1.18. The monoisotopic (exact) mass is 384 g/mol. The number of nitrogens with zero attached hydrogens (tertiary/aromatic N) is 6. The summed E-state index contributed by atoms with van der Waals surface area (Å²) in [5, 5.41) is 13.2. The Morgan fingerprint density at radius 3 is 2.48 bits per heavy atom. The van der Waals surface area contributed by atoms with Gasteiger partial charge in [0.15, 0.2) is 5.82 Å². The Balaban J connectivity index is 1.53. The van der Waals surface area contributed by atoms with E-state index in [2.05, 4.69) is 10.2 Å². The maximum Gasteiger partial charge on any atom is 0.254 e. The van der Waals surface area contributed by atoms with Gasteiger partial charge in [0.05, 0.1) is 6.54 Å². The smallest absolute Gasteiger partial charge is 0.254 e. The first-order chi connectivity index (χ1) is 14.2. The zero-order valence-electron chi connectivity index (χ0n) is 16.1. The molecule has 1 aliphatic rings. The fourth-order valence-electron chi connectivity index (χ4n) is 3.88.